The summed E-state index contributed by atoms with van der Waals surface area (Å²) in [6.45, 7) is 2.06. The van der Waals surface area contributed by atoms with Gasteiger partial charge in [-0.05, 0) is 24.8 Å². The van der Waals surface area contributed by atoms with Crippen LogP contribution >= 0.6 is 15.9 Å². The van der Waals surface area contributed by atoms with Gasteiger partial charge in [-0.3, -0.25) is 4.79 Å². The first-order chi connectivity index (χ1) is 7.63. The lowest BCUT2D eigenvalue weighted by Crippen LogP contribution is -2.20. The zero-order chi connectivity index (χ0) is 12.0. The van der Waals surface area contributed by atoms with Gasteiger partial charge in [-0.1, -0.05) is 53.2 Å². The van der Waals surface area contributed by atoms with E-state index < -0.39 is 5.97 Å². The smallest absolute Gasteiger partial charge is 0.306 e. The first-order valence-electron chi connectivity index (χ1n) is 5.54. The fraction of sp³-hybridized carbons (Fsp3) is 0.462. The van der Waals surface area contributed by atoms with Crippen molar-refractivity contribution in [2.45, 2.75) is 31.0 Å². The van der Waals surface area contributed by atoms with Crippen molar-refractivity contribution in [3.63, 3.8) is 0 Å². The number of carboxylic acids is 1. The van der Waals surface area contributed by atoms with Gasteiger partial charge in [-0.25, -0.2) is 0 Å². The van der Waals surface area contributed by atoms with E-state index in [1.54, 1.807) is 0 Å². The molecule has 0 aliphatic heterocycles. The van der Waals surface area contributed by atoms with Gasteiger partial charge in [-0.2, -0.15) is 0 Å². The van der Waals surface area contributed by atoms with Gasteiger partial charge in [0.1, 0.15) is 0 Å². The van der Waals surface area contributed by atoms with Crippen LogP contribution < -0.4 is 0 Å². The van der Waals surface area contributed by atoms with Crippen molar-refractivity contribution >= 4 is 21.9 Å². The molecule has 0 fully saturated rings. The van der Waals surface area contributed by atoms with Gasteiger partial charge in [0.25, 0.3) is 0 Å². The molecule has 0 spiro atoms. The average Bonchev–Trinajstić information content (AvgIpc) is 2.29. The number of halogens is 1. The number of hydrogen-bond acceptors (Lipinski definition) is 1. The van der Waals surface area contributed by atoms with Crippen molar-refractivity contribution in [1.82, 2.24) is 0 Å². The number of carboxylic acid groups (broad SMARTS) is 1. The van der Waals surface area contributed by atoms with Crippen molar-refractivity contribution in [3.8, 4) is 0 Å². The van der Waals surface area contributed by atoms with Crippen LogP contribution in [0.2, 0.25) is 0 Å². The SMILES string of the molecule is CCC(Br)CC(Cc1ccccc1)C(=O)O. The van der Waals surface area contributed by atoms with Crippen LogP contribution in [0.15, 0.2) is 30.3 Å². The Morgan fingerprint density at radius 3 is 2.50 bits per heavy atom. The summed E-state index contributed by atoms with van der Waals surface area (Å²) in [7, 11) is 0. The second-order valence-electron chi connectivity index (χ2n) is 3.97. The van der Waals surface area contributed by atoms with E-state index in [1.807, 2.05) is 30.3 Å². The first kappa shape index (κ1) is 13.2. The predicted molar refractivity (Wildman–Crippen MR) is 68.9 cm³/mol. The Morgan fingerprint density at radius 2 is 2.00 bits per heavy atom. The second kappa shape index (κ2) is 6.69. The summed E-state index contributed by atoms with van der Waals surface area (Å²) in [5.41, 5.74) is 1.09. The fourth-order valence-electron chi connectivity index (χ4n) is 1.65. The molecule has 3 heteroatoms. The van der Waals surface area contributed by atoms with Gasteiger partial charge in [-0.15, -0.1) is 0 Å². The monoisotopic (exact) mass is 284 g/mol. The highest BCUT2D eigenvalue weighted by molar-refractivity contribution is 9.09. The molecule has 0 saturated carbocycles. The largest absolute Gasteiger partial charge is 0.481 e. The molecule has 1 rings (SSSR count). The third-order valence-corrected chi connectivity index (χ3v) is 3.68. The maximum atomic E-state index is 11.1. The lowest BCUT2D eigenvalue weighted by molar-refractivity contribution is -0.141. The minimum Gasteiger partial charge on any atom is -0.481 e. The quantitative estimate of drug-likeness (QED) is 0.812. The third-order valence-electron chi connectivity index (χ3n) is 2.66. The van der Waals surface area contributed by atoms with E-state index in [0.717, 1.165) is 12.0 Å². The van der Waals surface area contributed by atoms with Crippen LogP contribution in [0.1, 0.15) is 25.3 Å². The van der Waals surface area contributed by atoms with Crippen LogP contribution in [-0.4, -0.2) is 15.9 Å². The summed E-state index contributed by atoms with van der Waals surface area (Å²) in [6.07, 6.45) is 2.25. The number of rotatable bonds is 6. The van der Waals surface area contributed by atoms with Crippen molar-refractivity contribution in [3.05, 3.63) is 35.9 Å². The molecule has 0 saturated heterocycles. The Labute approximate surface area is 105 Å². The Hall–Kier alpha value is -0.830. The molecule has 88 valence electrons. The molecule has 16 heavy (non-hydrogen) atoms. The van der Waals surface area contributed by atoms with Crippen molar-refractivity contribution < 1.29 is 9.90 Å². The fourth-order valence-corrected chi connectivity index (χ4v) is 2.10. The van der Waals surface area contributed by atoms with Gasteiger partial charge in [0.15, 0.2) is 0 Å². The molecule has 1 N–H and O–H groups in total. The standard InChI is InChI=1S/C13H17BrO2/c1-2-12(14)9-11(13(15)16)8-10-6-4-3-5-7-10/h3-7,11-12H,2,8-9H2,1H3,(H,15,16). The normalized spacial score (nSPS) is 14.4. The number of hydrogen-bond donors (Lipinski definition) is 1. The maximum absolute atomic E-state index is 11.1. The summed E-state index contributed by atoms with van der Waals surface area (Å²) in [4.78, 5) is 11.4. The molecule has 0 aliphatic rings. The highest BCUT2D eigenvalue weighted by Crippen LogP contribution is 2.20. The van der Waals surface area contributed by atoms with Gasteiger partial charge in [0.2, 0.25) is 0 Å². The minimum absolute atomic E-state index is 0.289. The highest BCUT2D eigenvalue weighted by Gasteiger charge is 2.20. The average molecular weight is 285 g/mol. The lowest BCUT2D eigenvalue weighted by atomic mass is 9.94. The molecule has 0 aromatic heterocycles. The lowest BCUT2D eigenvalue weighted by Gasteiger charge is -2.15. The molecule has 1 aromatic carbocycles. The zero-order valence-electron chi connectivity index (χ0n) is 9.40. The Balaban J connectivity index is 2.62. The summed E-state index contributed by atoms with van der Waals surface area (Å²) in [6, 6.07) is 9.79. The van der Waals surface area contributed by atoms with Crippen LogP contribution in [0, 0.1) is 5.92 Å². The summed E-state index contributed by atoms with van der Waals surface area (Å²) >= 11 is 3.50. The number of alkyl halides is 1. The summed E-state index contributed by atoms with van der Waals surface area (Å²) in [5, 5.41) is 9.16. The van der Waals surface area contributed by atoms with Crippen LogP contribution in [0.25, 0.3) is 0 Å². The Bertz CT molecular complexity index is 324. The van der Waals surface area contributed by atoms with Crippen LogP contribution in [0.3, 0.4) is 0 Å². The molecule has 0 heterocycles. The molecule has 0 amide bonds. The Kier molecular flexibility index (Phi) is 5.53. The first-order valence-corrected chi connectivity index (χ1v) is 6.45. The van der Waals surface area contributed by atoms with Gasteiger partial charge in [0, 0.05) is 4.83 Å². The number of benzene rings is 1. The molecule has 2 atom stereocenters. The highest BCUT2D eigenvalue weighted by atomic mass is 79.9. The molecule has 0 radical (unpaired) electrons. The molecular formula is C13H17BrO2. The van der Waals surface area contributed by atoms with Crippen molar-refractivity contribution in [1.29, 1.82) is 0 Å². The molecule has 0 bridgehead atoms. The molecular weight excluding hydrogens is 268 g/mol. The topological polar surface area (TPSA) is 37.3 Å². The van der Waals surface area contributed by atoms with E-state index in [4.69, 9.17) is 5.11 Å². The zero-order valence-corrected chi connectivity index (χ0v) is 11.0. The van der Waals surface area contributed by atoms with Crippen LogP contribution in [0.5, 0.6) is 0 Å². The molecule has 2 unspecified atom stereocenters. The van der Waals surface area contributed by atoms with Crippen LogP contribution in [-0.2, 0) is 11.2 Å². The van der Waals surface area contributed by atoms with Gasteiger partial charge < -0.3 is 5.11 Å². The molecule has 1 aromatic rings. The number of aliphatic carboxylic acids is 1. The summed E-state index contributed by atoms with van der Waals surface area (Å²) in [5.74, 6) is -1.01. The second-order valence-corrected chi connectivity index (χ2v) is 5.26. The van der Waals surface area contributed by atoms with Gasteiger partial charge >= 0.3 is 5.97 Å². The van der Waals surface area contributed by atoms with E-state index >= 15 is 0 Å². The third kappa shape index (κ3) is 4.35. The molecule has 2 nitrogen and oxygen atoms in total. The minimum atomic E-state index is -0.707. The van der Waals surface area contributed by atoms with Crippen LogP contribution in [0.4, 0.5) is 0 Å². The Morgan fingerprint density at radius 1 is 1.38 bits per heavy atom. The van der Waals surface area contributed by atoms with E-state index in [-0.39, 0.29) is 10.7 Å². The van der Waals surface area contributed by atoms with E-state index in [9.17, 15) is 4.79 Å². The van der Waals surface area contributed by atoms with Crippen molar-refractivity contribution in [2.75, 3.05) is 0 Å². The van der Waals surface area contributed by atoms with E-state index in [1.165, 1.54) is 0 Å². The van der Waals surface area contributed by atoms with Crippen molar-refractivity contribution in [2.24, 2.45) is 5.92 Å². The van der Waals surface area contributed by atoms with Gasteiger partial charge in [0.05, 0.1) is 5.92 Å². The predicted octanol–water partition coefficient (Wildman–Crippen LogP) is 3.49. The summed E-state index contributed by atoms with van der Waals surface area (Å²) < 4.78 is 0. The van der Waals surface area contributed by atoms with E-state index in [2.05, 4.69) is 22.9 Å². The molecule has 0 aliphatic carbocycles. The number of carbonyl (C=O) groups is 1. The maximum Gasteiger partial charge on any atom is 0.306 e. The van der Waals surface area contributed by atoms with E-state index in [0.29, 0.717) is 12.8 Å².